The molecule has 1 N–H and O–H groups in total. The number of carbonyl (C=O) groups is 1. The zero-order valence-electron chi connectivity index (χ0n) is 12.2. The zero-order chi connectivity index (χ0) is 17.1. The number of hydrogen-bond donors (Lipinski definition) is 1. The van der Waals surface area contributed by atoms with Crippen LogP contribution < -0.4 is 5.32 Å². The summed E-state index contributed by atoms with van der Waals surface area (Å²) in [5.41, 5.74) is 1.30. The van der Waals surface area contributed by atoms with E-state index in [1.807, 2.05) is 0 Å². The lowest BCUT2D eigenvalue weighted by Gasteiger charge is -2.08. The van der Waals surface area contributed by atoms with E-state index in [0.29, 0.717) is 21.3 Å². The van der Waals surface area contributed by atoms with Crippen LogP contribution in [0.25, 0.3) is 5.69 Å². The molecule has 1 aromatic heterocycles. The van der Waals surface area contributed by atoms with Crippen molar-refractivity contribution in [2.75, 3.05) is 5.32 Å². The van der Waals surface area contributed by atoms with Crippen molar-refractivity contribution >= 4 is 34.8 Å². The summed E-state index contributed by atoms with van der Waals surface area (Å²) < 4.78 is 15.4. The Morgan fingerprint density at radius 1 is 1.17 bits per heavy atom. The van der Waals surface area contributed by atoms with Gasteiger partial charge in [-0.3, -0.25) is 4.79 Å². The molecule has 0 unspecified atom stereocenters. The molecule has 0 saturated heterocycles. The van der Waals surface area contributed by atoms with Gasteiger partial charge < -0.3 is 5.32 Å². The first-order chi connectivity index (χ1) is 11.5. The van der Waals surface area contributed by atoms with Crippen LogP contribution >= 0.6 is 23.2 Å². The predicted molar refractivity (Wildman–Crippen MR) is 90.1 cm³/mol. The van der Waals surface area contributed by atoms with Crippen molar-refractivity contribution in [3.8, 4) is 5.69 Å². The van der Waals surface area contributed by atoms with Crippen LogP contribution in [0, 0.1) is 5.82 Å². The summed E-state index contributed by atoms with van der Waals surface area (Å²) in [5, 5.41) is 7.30. The Kier molecular flexibility index (Phi) is 4.78. The van der Waals surface area contributed by atoms with Crippen LogP contribution in [0.4, 0.5) is 10.1 Å². The van der Waals surface area contributed by atoms with Gasteiger partial charge in [0.05, 0.1) is 16.5 Å². The van der Waals surface area contributed by atoms with Crippen molar-refractivity contribution in [2.45, 2.75) is 6.42 Å². The van der Waals surface area contributed by atoms with Crippen molar-refractivity contribution in [1.29, 1.82) is 0 Å². The first kappa shape index (κ1) is 16.4. The second-order valence-electron chi connectivity index (χ2n) is 4.98. The van der Waals surface area contributed by atoms with Crippen LogP contribution in [-0.4, -0.2) is 20.7 Å². The summed E-state index contributed by atoms with van der Waals surface area (Å²) in [5.74, 6) is -0.811. The van der Waals surface area contributed by atoms with Crippen LogP contribution in [0.2, 0.25) is 10.0 Å². The van der Waals surface area contributed by atoms with E-state index < -0.39 is 5.82 Å². The van der Waals surface area contributed by atoms with E-state index in [-0.39, 0.29) is 18.0 Å². The number of nitrogens with zero attached hydrogens (tertiary/aromatic N) is 3. The molecule has 5 nitrogen and oxygen atoms in total. The lowest BCUT2D eigenvalue weighted by Crippen LogP contribution is -2.14. The lowest BCUT2D eigenvalue weighted by atomic mass is 10.1. The molecule has 0 fully saturated rings. The average Bonchev–Trinajstić information content (AvgIpc) is 3.05. The minimum Gasteiger partial charge on any atom is -0.326 e. The van der Waals surface area contributed by atoms with Crippen LogP contribution in [0.5, 0.6) is 0 Å². The minimum absolute atomic E-state index is 0.101. The van der Waals surface area contributed by atoms with Gasteiger partial charge in [0, 0.05) is 5.69 Å². The fraction of sp³-hybridized carbons (Fsp3) is 0.0625. The molecule has 0 atom stereocenters. The topological polar surface area (TPSA) is 59.8 Å². The van der Waals surface area contributed by atoms with E-state index in [4.69, 9.17) is 23.2 Å². The first-order valence-corrected chi connectivity index (χ1v) is 7.67. The molecule has 1 amide bonds. The number of hydrogen-bond acceptors (Lipinski definition) is 3. The predicted octanol–water partition coefficient (Wildman–Crippen LogP) is 3.89. The molecular formula is C16H11Cl2FN4O. The number of aromatic nitrogens is 3. The zero-order valence-corrected chi connectivity index (χ0v) is 13.7. The summed E-state index contributed by atoms with van der Waals surface area (Å²) in [7, 11) is 0. The standard InChI is InChI=1S/C16H11Cl2FN4O/c17-12-3-1-10(5-13(12)18)6-16(24)22-11-2-4-15(14(19)7-11)23-9-20-8-21-23/h1-5,7-9H,6H2,(H,22,24). The third kappa shape index (κ3) is 3.72. The monoisotopic (exact) mass is 364 g/mol. The number of rotatable bonds is 4. The number of halogens is 3. The lowest BCUT2D eigenvalue weighted by molar-refractivity contribution is -0.115. The van der Waals surface area contributed by atoms with Crippen LogP contribution in [0.15, 0.2) is 49.1 Å². The van der Waals surface area contributed by atoms with Crippen molar-refractivity contribution < 1.29 is 9.18 Å². The van der Waals surface area contributed by atoms with Gasteiger partial charge in [0.1, 0.15) is 18.3 Å². The highest BCUT2D eigenvalue weighted by molar-refractivity contribution is 6.42. The van der Waals surface area contributed by atoms with Crippen molar-refractivity contribution in [2.24, 2.45) is 0 Å². The Morgan fingerprint density at radius 3 is 2.67 bits per heavy atom. The van der Waals surface area contributed by atoms with Gasteiger partial charge in [-0.15, -0.1) is 0 Å². The summed E-state index contributed by atoms with van der Waals surface area (Å²) in [6.07, 6.45) is 2.80. The number of nitrogens with one attached hydrogen (secondary N) is 1. The van der Waals surface area contributed by atoms with Gasteiger partial charge in [-0.1, -0.05) is 29.3 Å². The maximum Gasteiger partial charge on any atom is 0.228 e. The molecule has 0 aliphatic rings. The third-order valence-corrected chi connectivity index (χ3v) is 3.98. The van der Waals surface area contributed by atoms with E-state index in [1.165, 1.54) is 29.5 Å². The normalized spacial score (nSPS) is 10.6. The summed E-state index contributed by atoms with van der Waals surface area (Å²) >= 11 is 11.8. The summed E-state index contributed by atoms with van der Waals surface area (Å²) in [4.78, 5) is 15.8. The molecule has 2 aromatic carbocycles. The Bertz CT molecular complexity index is 884. The molecule has 0 spiro atoms. The molecule has 122 valence electrons. The molecule has 3 aromatic rings. The largest absolute Gasteiger partial charge is 0.326 e. The first-order valence-electron chi connectivity index (χ1n) is 6.91. The van der Waals surface area contributed by atoms with Crippen LogP contribution in [-0.2, 0) is 11.2 Å². The highest BCUT2D eigenvalue weighted by Crippen LogP contribution is 2.23. The van der Waals surface area contributed by atoms with Crippen LogP contribution in [0.1, 0.15) is 5.56 Å². The summed E-state index contributed by atoms with van der Waals surface area (Å²) in [6, 6.07) is 9.29. The molecule has 1 heterocycles. The molecule has 0 aliphatic heterocycles. The van der Waals surface area contributed by atoms with Gasteiger partial charge in [0.2, 0.25) is 5.91 Å². The highest BCUT2D eigenvalue weighted by atomic mass is 35.5. The highest BCUT2D eigenvalue weighted by Gasteiger charge is 2.10. The molecule has 0 bridgehead atoms. The Balaban J connectivity index is 1.70. The van der Waals surface area contributed by atoms with Gasteiger partial charge in [-0.25, -0.2) is 14.1 Å². The molecule has 0 aliphatic carbocycles. The molecule has 0 radical (unpaired) electrons. The third-order valence-electron chi connectivity index (χ3n) is 3.25. The van der Waals surface area contributed by atoms with Gasteiger partial charge in [-0.2, -0.15) is 5.10 Å². The van der Waals surface area contributed by atoms with E-state index in [9.17, 15) is 9.18 Å². The number of benzene rings is 2. The van der Waals surface area contributed by atoms with E-state index in [2.05, 4.69) is 15.4 Å². The number of amides is 1. The fourth-order valence-corrected chi connectivity index (χ4v) is 2.46. The molecule has 0 saturated carbocycles. The Hall–Kier alpha value is -2.44. The van der Waals surface area contributed by atoms with E-state index in [1.54, 1.807) is 24.3 Å². The molecular weight excluding hydrogens is 354 g/mol. The number of carbonyl (C=O) groups excluding carboxylic acids is 1. The van der Waals surface area contributed by atoms with Gasteiger partial charge in [-0.05, 0) is 35.9 Å². The van der Waals surface area contributed by atoms with Gasteiger partial charge in [0.15, 0.2) is 5.82 Å². The Morgan fingerprint density at radius 2 is 2.00 bits per heavy atom. The SMILES string of the molecule is O=C(Cc1ccc(Cl)c(Cl)c1)Nc1ccc(-n2cncn2)c(F)c1. The van der Waals surface area contributed by atoms with Gasteiger partial charge >= 0.3 is 0 Å². The minimum atomic E-state index is -0.521. The van der Waals surface area contributed by atoms with Crippen molar-refractivity contribution in [3.05, 3.63) is 70.5 Å². The van der Waals surface area contributed by atoms with Crippen molar-refractivity contribution in [1.82, 2.24) is 14.8 Å². The number of anilines is 1. The second kappa shape index (κ2) is 6.98. The maximum atomic E-state index is 14.1. The second-order valence-corrected chi connectivity index (χ2v) is 5.79. The van der Waals surface area contributed by atoms with Crippen LogP contribution in [0.3, 0.4) is 0 Å². The van der Waals surface area contributed by atoms with E-state index in [0.717, 1.165) is 0 Å². The maximum absolute atomic E-state index is 14.1. The Labute approximate surface area is 147 Å². The van der Waals surface area contributed by atoms with Crippen molar-refractivity contribution in [3.63, 3.8) is 0 Å². The average molecular weight is 365 g/mol. The van der Waals surface area contributed by atoms with E-state index >= 15 is 0 Å². The smallest absolute Gasteiger partial charge is 0.228 e. The molecule has 24 heavy (non-hydrogen) atoms. The fourth-order valence-electron chi connectivity index (χ4n) is 2.14. The van der Waals surface area contributed by atoms with Gasteiger partial charge in [0.25, 0.3) is 0 Å². The summed E-state index contributed by atoms with van der Waals surface area (Å²) in [6.45, 7) is 0. The quantitative estimate of drug-likeness (QED) is 0.763. The molecule has 3 rings (SSSR count). The molecule has 8 heteroatoms.